The summed E-state index contributed by atoms with van der Waals surface area (Å²) in [5, 5.41) is 5.67. The number of carbonyl (C=O) groups excluding carboxylic acids is 2. The number of unbranched alkanes of at least 4 members (excludes halogenated alkanes) is 1. The van der Waals surface area contributed by atoms with Gasteiger partial charge in [0.25, 0.3) is 0 Å². The van der Waals surface area contributed by atoms with Crippen LogP contribution in [-0.2, 0) is 9.53 Å². The first-order chi connectivity index (χ1) is 15.4. The van der Waals surface area contributed by atoms with E-state index in [1.807, 2.05) is 24.3 Å². The molecule has 0 spiro atoms. The van der Waals surface area contributed by atoms with Gasteiger partial charge < -0.3 is 24.8 Å². The Morgan fingerprint density at radius 1 is 1.09 bits per heavy atom. The fourth-order valence-corrected chi connectivity index (χ4v) is 3.46. The zero-order valence-electron chi connectivity index (χ0n) is 18.9. The molecule has 2 aromatic carbocycles. The van der Waals surface area contributed by atoms with Crippen molar-refractivity contribution in [2.24, 2.45) is 0 Å². The fourth-order valence-electron chi connectivity index (χ4n) is 3.46. The number of hydrogen-bond donors (Lipinski definition) is 2. The van der Waals surface area contributed by atoms with Gasteiger partial charge in [0.05, 0.1) is 37.1 Å². The SMILES string of the molecule is CCCCOc1ccccc1C1NC(=O)NC(c2ccc(OC)cc2)=C1C(=O)OC(C)C. The molecule has 1 unspecified atom stereocenters. The Labute approximate surface area is 188 Å². The summed E-state index contributed by atoms with van der Waals surface area (Å²) in [6.07, 6.45) is 1.59. The molecular formula is C25H30N2O5. The Kier molecular flexibility index (Phi) is 7.76. The van der Waals surface area contributed by atoms with Crippen molar-refractivity contribution in [3.8, 4) is 11.5 Å². The van der Waals surface area contributed by atoms with Crippen LogP contribution in [0.5, 0.6) is 11.5 Å². The lowest BCUT2D eigenvalue weighted by atomic mass is 9.92. The van der Waals surface area contributed by atoms with Gasteiger partial charge in [-0.15, -0.1) is 0 Å². The van der Waals surface area contributed by atoms with Gasteiger partial charge in [0.1, 0.15) is 11.5 Å². The average Bonchev–Trinajstić information content (AvgIpc) is 2.78. The van der Waals surface area contributed by atoms with Crippen LogP contribution in [0.2, 0.25) is 0 Å². The van der Waals surface area contributed by atoms with Crippen molar-refractivity contribution in [1.29, 1.82) is 0 Å². The van der Waals surface area contributed by atoms with Crippen LogP contribution in [0.3, 0.4) is 0 Å². The van der Waals surface area contributed by atoms with Gasteiger partial charge in [-0.3, -0.25) is 0 Å². The Morgan fingerprint density at radius 3 is 2.47 bits per heavy atom. The molecule has 1 aliphatic heterocycles. The maximum Gasteiger partial charge on any atom is 0.338 e. The first kappa shape index (κ1) is 23.2. The lowest BCUT2D eigenvalue weighted by molar-refractivity contribution is -0.143. The fraction of sp³-hybridized carbons (Fsp3) is 0.360. The highest BCUT2D eigenvalue weighted by atomic mass is 16.5. The summed E-state index contributed by atoms with van der Waals surface area (Å²) >= 11 is 0. The molecule has 170 valence electrons. The van der Waals surface area contributed by atoms with Gasteiger partial charge in [-0.2, -0.15) is 0 Å². The van der Waals surface area contributed by atoms with Crippen molar-refractivity contribution < 1.29 is 23.8 Å². The van der Waals surface area contributed by atoms with E-state index in [0.29, 0.717) is 40.5 Å². The third-order valence-electron chi connectivity index (χ3n) is 5.00. The number of carbonyl (C=O) groups is 2. The Hall–Kier alpha value is -3.48. The maximum absolute atomic E-state index is 13.2. The second kappa shape index (κ2) is 10.7. The van der Waals surface area contributed by atoms with Crippen LogP contribution in [0.15, 0.2) is 54.1 Å². The molecule has 0 aliphatic carbocycles. The van der Waals surface area contributed by atoms with E-state index < -0.39 is 18.0 Å². The number of ether oxygens (including phenoxy) is 3. The lowest BCUT2D eigenvalue weighted by Crippen LogP contribution is -2.45. The highest BCUT2D eigenvalue weighted by molar-refractivity contribution is 6.04. The van der Waals surface area contributed by atoms with Crippen molar-refractivity contribution >= 4 is 17.7 Å². The topological polar surface area (TPSA) is 85.9 Å². The van der Waals surface area contributed by atoms with Crippen molar-refractivity contribution in [3.05, 3.63) is 65.2 Å². The van der Waals surface area contributed by atoms with Gasteiger partial charge in [-0.25, -0.2) is 9.59 Å². The number of esters is 1. The molecule has 0 saturated carbocycles. The van der Waals surface area contributed by atoms with Crippen LogP contribution < -0.4 is 20.1 Å². The van der Waals surface area contributed by atoms with Crippen LogP contribution in [0.1, 0.15) is 50.8 Å². The Balaban J connectivity index is 2.13. The molecule has 1 atom stereocenters. The molecule has 2 aromatic rings. The largest absolute Gasteiger partial charge is 0.497 e. The molecular weight excluding hydrogens is 408 g/mol. The number of para-hydroxylation sites is 1. The number of urea groups is 1. The number of hydrogen-bond acceptors (Lipinski definition) is 5. The van der Waals surface area contributed by atoms with E-state index in [4.69, 9.17) is 14.2 Å². The molecule has 32 heavy (non-hydrogen) atoms. The molecule has 7 heteroatoms. The van der Waals surface area contributed by atoms with Gasteiger partial charge in [0.2, 0.25) is 0 Å². The molecule has 0 saturated heterocycles. The Morgan fingerprint density at radius 2 is 1.81 bits per heavy atom. The van der Waals surface area contributed by atoms with E-state index in [1.54, 1.807) is 45.2 Å². The minimum Gasteiger partial charge on any atom is -0.497 e. The van der Waals surface area contributed by atoms with E-state index >= 15 is 0 Å². The van der Waals surface area contributed by atoms with E-state index in [2.05, 4.69) is 17.6 Å². The predicted molar refractivity (Wildman–Crippen MR) is 122 cm³/mol. The summed E-state index contributed by atoms with van der Waals surface area (Å²) in [5.41, 5.74) is 2.08. The highest BCUT2D eigenvalue weighted by Gasteiger charge is 2.36. The van der Waals surface area contributed by atoms with Gasteiger partial charge in [-0.05, 0) is 56.2 Å². The second-order valence-electron chi connectivity index (χ2n) is 7.74. The standard InChI is InChI=1S/C25H30N2O5/c1-5-6-15-31-20-10-8-7-9-19(20)23-21(24(28)32-16(2)3)22(26-25(29)27-23)17-11-13-18(30-4)14-12-17/h7-14,16,23H,5-6,15H2,1-4H3,(H2,26,27,29). The number of methoxy groups -OCH3 is 1. The molecule has 1 heterocycles. The predicted octanol–water partition coefficient (Wildman–Crippen LogP) is 4.59. The molecule has 0 fully saturated rings. The van der Waals surface area contributed by atoms with Crippen LogP contribution in [-0.4, -0.2) is 31.8 Å². The van der Waals surface area contributed by atoms with Gasteiger partial charge in [0.15, 0.2) is 0 Å². The third kappa shape index (κ3) is 5.41. The first-order valence-electron chi connectivity index (χ1n) is 10.8. The van der Waals surface area contributed by atoms with Crippen LogP contribution in [0.25, 0.3) is 5.70 Å². The maximum atomic E-state index is 13.2. The number of amides is 2. The molecule has 7 nitrogen and oxygen atoms in total. The molecule has 3 rings (SSSR count). The normalized spacial score (nSPS) is 15.8. The van der Waals surface area contributed by atoms with Crippen LogP contribution in [0.4, 0.5) is 4.79 Å². The molecule has 0 bridgehead atoms. The minimum absolute atomic E-state index is 0.315. The van der Waals surface area contributed by atoms with Crippen molar-refractivity contribution in [1.82, 2.24) is 10.6 Å². The third-order valence-corrected chi connectivity index (χ3v) is 5.00. The minimum atomic E-state index is -0.732. The lowest BCUT2D eigenvalue weighted by Gasteiger charge is -2.31. The monoisotopic (exact) mass is 438 g/mol. The van der Waals surface area contributed by atoms with E-state index in [1.165, 1.54) is 0 Å². The summed E-state index contributed by atoms with van der Waals surface area (Å²) in [5.74, 6) is 0.788. The number of rotatable bonds is 9. The van der Waals surface area contributed by atoms with Crippen molar-refractivity contribution in [2.75, 3.05) is 13.7 Å². The number of nitrogens with one attached hydrogen (secondary N) is 2. The van der Waals surface area contributed by atoms with E-state index in [0.717, 1.165) is 12.8 Å². The van der Waals surface area contributed by atoms with Crippen molar-refractivity contribution in [2.45, 2.75) is 45.8 Å². The number of benzene rings is 2. The summed E-state index contributed by atoms with van der Waals surface area (Å²) < 4.78 is 16.8. The van der Waals surface area contributed by atoms with Gasteiger partial charge in [-0.1, -0.05) is 31.5 Å². The molecule has 0 aromatic heterocycles. The highest BCUT2D eigenvalue weighted by Crippen LogP contribution is 2.36. The van der Waals surface area contributed by atoms with Gasteiger partial charge in [0, 0.05) is 5.56 Å². The first-order valence-corrected chi connectivity index (χ1v) is 10.8. The van der Waals surface area contributed by atoms with Crippen LogP contribution in [0, 0.1) is 0 Å². The zero-order valence-corrected chi connectivity index (χ0v) is 18.9. The summed E-state index contributed by atoms with van der Waals surface area (Å²) in [6.45, 7) is 6.22. The summed E-state index contributed by atoms with van der Waals surface area (Å²) in [7, 11) is 1.58. The van der Waals surface area contributed by atoms with Gasteiger partial charge >= 0.3 is 12.0 Å². The van der Waals surface area contributed by atoms with E-state index in [9.17, 15) is 9.59 Å². The Bertz CT molecular complexity index is 982. The molecule has 2 N–H and O–H groups in total. The quantitative estimate of drug-likeness (QED) is 0.442. The average molecular weight is 439 g/mol. The summed E-state index contributed by atoms with van der Waals surface area (Å²) in [4.78, 5) is 25.9. The summed E-state index contributed by atoms with van der Waals surface area (Å²) in [6, 6.07) is 13.4. The molecule has 1 aliphatic rings. The zero-order chi connectivity index (χ0) is 23.1. The molecule has 0 radical (unpaired) electrons. The van der Waals surface area contributed by atoms with E-state index in [-0.39, 0.29) is 6.10 Å². The molecule has 2 amide bonds. The smallest absolute Gasteiger partial charge is 0.338 e. The van der Waals surface area contributed by atoms with Crippen LogP contribution >= 0.6 is 0 Å². The van der Waals surface area contributed by atoms with Crippen molar-refractivity contribution in [3.63, 3.8) is 0 Å². The second-order valence-corrected chi connectivity index (χ2v) is 7.74.